The molecule has 0 aliphatic rings. The topological polar surface area (TPSA) is 79.5 Å². The molecule has 1 aromatic heterocycles. The van der Waals surface area contributed by atoms with E-state index in [1.54, 1.807) is 17.8 Å². The fourth-order valence-corrected chi connectivity index (χ4v) is 3.13. The molecule has 0 saturated heterocycles. The van der Waals surface area contributed by atoms with Crippen molar-refractivity contribution in [3.05, 3.63) is 53.5 Å². The Kier molecular flexibility index (Phi) is 6.93. The van der Waals surface area contributed by atoms with Gasteiger partial charge in [-0.25, -0.2) is 0 Å². The summed E-state index contributed by atoms with van der Waals surface area (Å²) in [6.45, 7) is 2.04. The van der Waals surface area contributed by atoms with Gasteiger partial charge in [-0.05, 0) is 30.2 Å². The zero-order valence-electron chi connectivity index (χ0n) is 13.6. The van der Waals surface area contributed by atoms with Crippen LogP contribution in [-0.4, -0.2) is 22.7 Å². The maximum Gasteiger partial charge on any atom is 0.304 e. The number of hydrogen-bond acceptors (Lipinski definition) is 4. The van der Waals surface area contributed by atoms with Crippen molar-refractivity contribution in [2.24, 2.45) is 0 Å². The van der Waals surface area contributed by atoms with E-state index in [4.69, 9.17) is 9.52 Å². The van der Waals surface area contributed by atoms with E-state index in [0.717, 1.165) is 24.1 Å². The Balaban J connectivity index is 1.94. The minimum absolute atomic E-state index is 0.155. The summed E-state index contributed by atoms with van der Waals surface area (Å²) in [4.78, 5) is 22.9. The van der Waals surface area contributed by atoms with E-state index >= 15 is 0 Å². The number of furan rings is 1. The lowest BCUT2D eigenvalue weighted by molar-refractivity contribution is -0.136. The molecule has 0 aliphatic carbocycles. The molecule has 6 heteroatoms. The average molecular weight is 347 g/mol. The van der Waals surface area contributed by atoms with Gasteiger partial charge in [0, 0.05) is 23.6 Å². The van der Waals surface area contributed by atoms with Crippen LogP contribution in [0.1, 0.15) is 41.4 Å². The van der Waals surface area contributed by atoms with Crippen molar-refractivity contribution in [2.75, 3.05) is 11.1 Å². The number of carbonyl (C=O) groups excluding carboxylic acids is 1. The second-order valence-electron chi connectivity index (χ2n) is 5.36. The van der Waals surface area contributed by atoms with Crippen LogP contribution in [-0.2, 0) is 17.0 Å². The lowest BCUT2D eigenvalue weighted by Crippen LogP contribution is -2.13. The van der Waals surface area contributed by atoms with E-state index in [1.807, 2.05) is 31.2 Å². The summed E-state index contributed by atoms with van der Waals surface area (Å²) >= 11 is 1.56. The van der Waals surface area contributed by atoms with Crippen LogP contribution in [0.15, 0.2) is 41.0 Å². The fraction of sp³-hybridized carbons (Fsp3) is 0.333. The number of rotatable bonds is 9. The van der Waals surface area contributed by atoms with Crippen molar-refractivity contribution in [2.45, 2.75) is 31.9 Å². The highest BCUT2D eigenvalue weighted by Crippen LogP contribution is 2.19. The second kappa shape index (κ2) is 9.17. The number of carboxylic acids is 1. The summed E-state index contributed by atoms with van der Waals surface area (Å²) in [7, 11) is 0. The molecule has 0 spiro atoms. The monoisotopic (exact) mass is 347 g/mol. The third kappa shape index (κ3) is 5.45. The summed E-state index contributed by atoms with van der Waals surface area (Å²) in [6, 6.07) is 9.27. The Bertz CT molecular complexity index is 696. The molecular formula is C18H21NO4S. The van der Waals surface area contributed by atoms with Crippen LogP contribution in [0.5, 0.6) is 0 Å². The molecule has 2 aromatic rings. The molecule has 2 rings (SSSR count). The molecule has 0 saturated carbocycles. The minimum Gasteiger partial charge on any atom is -0.481 e. The summed E-state index contributed by atoms with van der Waals surface area (Å²) in [6.07, 6.45) is 3.34. The van der Waals surface area contributed by atoms with Crippen molar-refractivity contribution in [3.63, 3.8) is 0 Å². The minimum atomic E-state index is -0.786. The van der Waals surface area contributed by atoms with Crippen molar-refractivity contribution in [1.29, 1.82) is 0 Å². The number of thioether (sulfide) groups is 1. The third-order valence-corrected chi connectivity index (χ3v) is 4.41. The first-order valence-corrected chi connectivity index (χ1v) is 9.01. The third-order valence-electron chi connectivity index (χ3n) is 3.38. The van der Waals surface area contributed by atoms with Crippen molar-refractivity contribution < 1.29 is 19.1 Å². The molecule has 0 fully saturated rings. The molecule has 1 amide bonds. The van der Waals surface area contributed by atoms with E-state index in [9.17, 15) is 9.59 Å². The highest BCUT2D eigenvalue weighted by molar-refractivity contribution is 7.98. The van der Waals surface area contributed by atoms with Crippen LogP contribution in [0.3, 0.4) is 0 Å². The molecule has 5 nitrogen and oxygen atoms in total. The van der Waals surface area contributed by atoms with Gasteiger partial charge in [-0.2, -0.15) is 11.8 Å². The molecule has 0 atom stereocenters. The van der Waals surface area contributed by atoms with Crippen LogP contribution in [0.2, 0.25) is 0 Å². The number of amides is 1. The number of benzene rings is 1. The van der Waals surface area contributed by atoms with Gasteiger partial charge in [-0.15, -0.1) is 0 Å². The second-order valence-corrected chi connectivity index (χ2v) is 6.46. The molecule has 0 radical (unpaired) electrons. The van der Waals surface area contributed by atoms with Gasteiger partial charge in [-0.1, -0.05) is 19.1 Å². The summed E-state index contributed by atoms with van der Waals surface area (Å²) < 4.78 is 5.36. The summed E-state index contributed by atoms with van der Waals surface area (Å²) in [5, 5.41) is 11.5. The molecule has 1 heterocycles. The van der Waals surface area contributed by atoms with Crippen LogP contribution in [0, 0.1) is 0 Å². The number of carbonyl (C=O) groups is 2. The highest BCUT2D eigenvalue weighted by Gasteiger charge is 2.14. The predicted octanol–water partition coefficient (Wildman–Crippen LogP) is 4.19. The number of nitrogens with one attached hydrogen (secondary N) is 1. The summed E-state index contributed by atoms with van der Waals surface area (Å²) in [5.74, 6) is 1.02. The van der Waals surface area contributed by atoms with Gasteiger partial charge in [0.05, 0.1) is 18.2 Å². The van der Waals surface area contributed by atoms with Gasteiger partial charge in [0.15, 0.2) is 0 Å². The smallest absolute Gasteiger partial charge is 0.304 e. The Morgan fingerprint density at radius 1 is 1.29 bits per heavy atom. The lowest BCUT2D eigenvalue weighted by Gasteiger charge is -2.07. The van der Waals surface area contributed by atoms with Crippen LogP contribution in [0.25, 0.3) is 0 Å². The lowest BCUT2D eigenvalue weighted by atomic mass is 10.1. The molecule has 0 aliphatic heterocycles. The maximum absolute atomic E-state index is 12.4. The molecule has 0 bridgehead atoms. The SMILES string of the molecule is CCCc1occc1C(=O)Nc1cccc(CSCCC(=O)O)c1. The van der Waals surface area contributed by atoms with Gasteiger partial charge in [0.2, 0.25) is 0 Å². The molecule has 128 valence electrons. The number of aryl methyl sites for hydroxylation is 1. The predicted molar refractivity (Wildman–Crippen MR) is 95.5 cm³/mol. The highest BCUT2D eigenvalue weighted by atomic mass is 32.2. The molecule has 2 N–H and O–H groups in total. The maximum atomic E-state index is 12.4. The average Bonchev–Trinajstić information content (AvgIpc) is 3.01. The normalized spacial score (nSPS) is 10.5. The first-order chi connectivity index (χ1) is 11.6. The molecular weight excluding hydrogens is 326 g/mol. The largest absolute Gasteiger partial charge is 0.481 e. The first kappa shape index (κ1) is 18.1. The zero-order valence-corrected chi connectivity index (χ0v) is 14.4. The van der Waals surface area contributed by atoms with Gasteiger partial charge in [0.1, 0.15) is 5.76 Å². The Morgan fingerprint density at radius 2 is 2.12 bits per heavy atom. The van der Waals surface area contributed by atoms with Crippen LogP contribution >= 0.6 is 11.8 Å². The van der Waals surface area contributed by atoms with Gasteiger partial charge in [0.25, 0.3) is 5.91 Å². The van der Waals surface area contributed by atoms with Gasteiger partial charge >= 0.3 is 5.97 Å². The van der Waals surface area contributed by atoms with Gasteiger partial charge < -0.3 is 14.8 Å². The Labute approximate surface area is 145 Å². The van der Waals surface area contributed by atoms with Crippen LogP contribution < -0.4 is 5.32 Å². The molecule has 1 aromatic carbocycles. The molecule has 24 heavy (non-hydrogen) atoms. The number of aliphatic carboxylic acids is 1. The first-order valence-electron chi connectivity index (χ1n) is 7.86. The van der Waals surface area contributed by atoms with Crippen molar-refractivity contribution >= 4 is 29.3 Å². The fourth-order valence-electron chi connectivity index (χ4n) is 2.25. The number of hydrogen-bond donors (Lipinski definition) is 2. The molecule has 0 unspecified atom stereocenters. The van der Waals surface area contributed by atoms with Gasteiger partial charge in [-0.3, -0.25) is 9.59 Å². The van der Waals surface area contributed by atoms with Crippen LogP contribution in [0.4, 0.5) is 5.69 Å². The van der Waals surface area contributed by atoms with E-state index in [-0.39, 0.29) is 12.3 Å². The van der Waals surface area contributed by atoms with E-state index in [1.165, 1.54) is 6.26 Å². The van der Waals surface area contributed by atoms with Crippen molar-refractivity contribution in [3.8, 4) is 0 Å². The quantitative estimate of drug-likeness (QED) is 0.665. The van der Waals surface area contributed by atoms with E-state index in [2.05, 4.69) is 5.32 Å². The van der Waals surface area contributed by atoms with E-state index < -0.39 is 5.97 Å². The van der Waals surface area contributed by atoms with E-state index in [0.29, 0.717) is 22.8 Å². The Hall–Kier alpha value is -2.21. The standard InChI is InChI=1S/C18H21NO4S/c1-2-4-16-15(7-9-23-16)18(22)19-14-6-3-5-13(11-14)12-24-10-8-17(20)21/h3,5-7,9,11H,2,4,8,10,12H2,1H3,(H,19,22)(H,20,21). The van der Waals surface area contributed by atoms with Crippen molar-refractivity contribution in [1.82, 2.24) is 0 Å². The summed E-state index contributed by atoms with van der Waals surface area (Å²) in [5.41, 5.74) is 2.34. The number of carboxylic acid groups (broad SMARTS) is 1. The number of anilines is 1. The zero-order chi connectivity index (χ0) is 17.4. The Morgan fingerprint density at radius 3 is 2.88 bits per heavy atom.